The smallest absolute Gasteiger partial charge is 0.257 e. The van der Waals surface area contributed by atoms with E-state index < -0.39 is 0 Å². The lowest BCUT2D eigenvalue weighted by atomic mass is 9.88. The number of anilines is 2. The molecule has 0 spiro atoms. The SMILES string of the molecule is COc1ccccc1Nc1ncccc1C(=O)N1CCC(C(=O)c2ccc3c(c2)OCCO3)CC1. The van der Waals surface area contributed by atoms with Gasteiger partial charge in [-0.15, -0.1) is 0 Å². The molecule has 0 unspecified atom stereocenters. The number of amides is 1. The number of carbonyl (C=O) groups is 2. The Kier molecular flexibility index (Phi) is 6.52. The number of carbonyl (C=O) groups excluding carboxylic acids is 2. The van der Waals surface area contributed by atoms with Gasteiger partial charge in [0, 0.05) is 30.8 Å². The summed E-state index contributed by atoms with van der Waals surface area (Å²) in [6, 6.07) is 16.3. The fraction of sp³-hybridized carbons (Fsp3) is 0.296. The average molecular weight is 474 g/mol. The Hall–Kier alpha value is -4.07. The van der Waals surface area contributed by atoms with E-state index in [4.69, 9.17) is 14.2 Å². The van der Waals surface area contributed by atoms with Crippen LogP contribution >= 0.6 is 0 Å². The number of fused-ring (bicyclic) bond motifs is 1. The summed E-state index contributed by atoms with van der Waals surface area (Å²) in [5.74, 6) is 2.24. The molecule has 1 N–H and O–H groups in total. The Bertz CT molecular complexity index is 1240. The number of hydrogen-bond donors (Lipinski definition) is 1. The van der Waals surface area contributed by atoms with Crippen molar-refractivity contribution in [3.05, 3.63) is 71.9 Å². The molecule has 180 valence electrons. The Labute approximate surface area is 203 Å². The largest absolute Gasteiger partial charge is 0.495 e. The molecule has 3 heterocycles. The van der Waals surface area contributed by atoms with E-state index in [2.05, 4.69) is 10.3 Å². The number of likely N-dealkylation sites (tertiary alicyclic amines) is 1. The molecule has 1 fully saturated rings. The minimum atomic E-state index is -0.137. The van der Waals surface area contributed by atoms with Crippen molar-refractivity contribution < 1.29 is 23.8 Å². The van der Waals surface area contributed by atoms with Crippen molar-refractivity contribution in [2.24, 2.45) is 5.92 Å². The van der Waals surface area contributed by atoms with Crippen LogP contribution in [-0.4, -0.2) is 55.0 Å². The highest BCUT2D eigenvalue weighted by molar-refractivity contribution is 6.00. The van der Waals surface area contributed by atoms with Crippen molar-refractivity contribution in [3.8, 4) is 17.2 Å². The van der Waals surface area contributed by atoms with Gasteiger partial charge >= 0.3 is 0 Å². The second-order valence-electron chi connectivity index (χ2n) is 8.51. The van der Waals surface area contributed by atoms with Crippen LogP contribution in [0.25, 0.3) is 0 Å². The molecule has 3 aromatic rings. The Morgan fingerprint density at radius 1 is 1.00 bits per heavy atom. The maximum atomic E-state index is 13.4. The van der Waals surface area contributed by atoms with Gasteiger partial charge in [-0.05, 0) is 55.3 Å². The molecule has 0 aliphatic carbocycles. The van der Waals surface area contributed by atoms with Crippen LogP contribution in [0.4, 0.5) is 11.5 Å². The van der Waals surface area contributed by atoms with Crippen molar-refractivity contribution in [2.75, 3.05) is 38.7 Å². The molecular weight excluding hydrogens is 446 g/mol. The molecule has 0 bridgehead atoms. The number of piperidine rings is 1. The van der Waals surface area contributed by atoms with Crippen LogP contribution in [0.3, 0.4) is 0 Å². The van der Waals surface area contributed by atoms with E-state index in [-0.39, 0.29) is 17.6 Å². The summed E-state index contributed by atoms with van der Waals surface area (Å²) in [6.07, 6.45) is 2.86. The van der Waals surface area contributed by atoms with E-state index in [9.17, 15) is 9.59 Å². The molecule has 8 nitrogen and oxygen atoms in total. The second-order valence-corrected chi connectivity index (χ2v) is 8.51. The molecule has 2 aromatic carbocycles. The van der Waals surface area contributed by atoms with Crippen molar-refractivity contribution in [1.29, 1.82) is 0 Å². The zero-order valence-corrected chi connectivity index (χ0v) is 19.5. The Balaban J connectivity index is 1.25. The zero-order chi connectivity index (χ0) is 24.2. The molecule has 1 saturated heterocycles. The van der Waals surface area contributed by atoms with E-state index in [1.807, 2.05) is 24.3 Å². The number of nitrogens with zero attached hydrogens (tertiary/aromatic N) is 2. The quantitative estimate of drug-likeness (QED) is 0.533. The predicted octanol–water partition coefficient (Wildman–Crippen LogP) is 4.34. The molecule has 2 aliphatic heterocycles. The van der Waals surface area contributed by atoms with Crippen LogP contribution < -0.4 is 19.5 Å². The first-order valence-corrected chi connectivity index (χ1v) is 11.7. The highest BCUT2D eigenvalue weighted by atomic mass is 16.6. The van der Waals surface area contributed by atoms with Crippen LogP contribution in [0.1, 0.15) is 33.6 Å². The summed E-state index contributed by atoms with van der Waals surface area (Å²) >= 11 is 0. The van der Waals surface area contributed by atoms with E-state index in [0.717, 1.165) is 5.69 Å². The average Bonchev–Trinajstić information content (AvgIpc) is 2.92. The molecule has 0 radical (unpaired) electrons. The van der Waals surface area contributed by atoms with Gasteiger partial charge in [0.2, 0.25) is 0 Å². The Morgan fingerprint density at radius 3 is 2.57 bits per heavy atom. The Morgan fingerprint density at radius 2 is 1.77 bits per heavy atom. The first kappa shape index (κ1) is 22.7. The third kappa shape index (κ3) is 4.77. The van der Waals surface area contributed by atoms with Crippen LogP contribution in [0.5, 0.6) is 17.2 Å². The fourth-order valence-electron chi connectivity index (χ4n) is 4.50. The van der Waals surface area contributed by atoms with Gasteiger partial charge in [-0.2, -0.15) is 0 Å². The summed E-state index contributed by atoms with van der Waals surface area (Å²) in [4.78, 5) is 32.7. The minimum absolute atomic E-state index is 0.0778. The number of ketones is 1. The summed E-state index contributed by atoms with van der Waals surface area (Å²) in [5.41, 5.74) is 1.83. The topological polar surface area (TPSA) is 90.0 Å². The van der Waals surface area contributed by atoms with E-state index >= 15 is 0 Å². The number of ether oxygens (including phenoxy) is 3. The molecular formula is C27H27N3O5. The van der Waals surface area contributed by atoms with Gasteiger partial charge < -0.3 is 24.4 Å². The van der Waals surface area contributed by atoms with Crippen molar-refractivity contribution in [2.45, 2.75) is 12.8 Å². The summed E-state index contributed by atoms with van der Waals surface area (Å²) in [6.45, 7) is 2.00. The number of methoxy groups -OCH3 is 1. The third-order valence-corrected chi connectivity index (χ3v) is 6.38. The maximum absolute atomic E-state index is 13.4. The fourth-order valence-corrected chi connectivity index (χ4v) is 4.50. The molecule has 0 saturated carbocycles. The van der Waals surface area contributed by atoms with E-state index in [0.29, 0.717) is 73.3 Å². The highest BCUT2D eigenvalue weighted by Crippen LogP contribution is 2.33. The molecule has 2 aliphatic rings. The second kappa shape index (κ2) is 10.0. The molecule has 1 amide bonds. The van der Waals surface area contributed by atoms with Crippen molar-refractivity contribution in [1.82, 2.24) is 9.88 Å². The van der Waals surface area contributed by atoms with Crippen molar-refractivity contribution >= 4 is 23.2 Å². The number of hydrogen-bond acceptors (Lipinski definition) is 7. The normalized spacial score (nSPS) is 15.4. The number of para-hydroxylation sites is 2. The molecule has 1 aromatic heterocycles. The number of rotatable bonds is 6. The van der Waals surface area contributed by atoms with Crippen LogP contribution in [0, 0.1) is 5.92 Å². The maximum Gasteiger partial charge on any atom is 0.257 e. The summed E-state index contributed by atoms with van der Waals surface area (Å²) < 4.78 is 16.6. The lowest BCUT2D eigenvalue weighted by Gasteiger charge is -2.32. The number of pyridine rings is 1. The van der Waals surface area contributed by atoms with Crippen LogP contribution in [0.15, 0.2) is 60.8 Å². The molecule has 5 rings (SSSR count). The van der Waals surface area contributed by atoms with Gasteiger partial charge in [0.1, 0.15) is 24.8 Å². The molecule has 0 atom stereocenters. The van der Waals surface area contributed by atoms with E-state index in [1.54, 1.807) is 48.5 Å². The van der Waals surface area contributed by atoms with Gasteiger partial charge in [-0.1, -0.05) is 12.1 Å². The lowest BCUT2D eigenvalue weighted by Crippen LogP contribution is -2.40. The minimum Gasteiger partial charge on any atom is -0.495 e. The standard InChI is InChI=1S/C27H27N3O5/c1-33-22-7-3-2-6-21(22)29-26-20(5-4-12-28-26)27(32)30-13-10-18(11-14-30)25(31)19-8-9-23-24(17-19)35-16-15-34-23/h2-9,12,17-18H,10-11,13-16H2,1H3,(H,28,29). The molecule has 35 heavy (non-hydrogen) atoms. The highest BCUT2D eigenvalue weighted by Gasteiger charge is 2.30. The van der Waals surface area contributed by atoms with E-state index in [1.165, 1.54) is 0 Å². The number of nitrogens with one attached hydrogen (secondary N) is 1. The zero-order valence-electron chi connectivity index (χ0n) is 19.5. The lowest BCUT2D eigenvalue weighted by molar-refractivity contribution is 0.0650. The predicted molar refractivity (Wildman–Crippen MR) is 131 cm³/mol. The number of Topliss-reactive ketones (excluding diaryl/α,β-unsaturated/α-hetero) is 1. The van der Waals surface area contributed by atoms with Crippen LogP contribution in [0.2, 0.25) is 0 Å². The van der Waals surface area contributed by atoms with Gasteiger partial charge in [0.25, 0.3) is 5.91 Å². The van der Waals surface area contributed by atoms with Gasteiger partial charge in [-0.3, -0.25) is 9.59 Å². The van der Waals surface area contributed by atoms with Crippen molar-refractivity contribution in [3.63, 3.8) is 0 Å². The number of aromatic nitrogens is 1. The first-order chi connectivity index (χ1) is 17.1. The first-order valence-electron chi connectivity index (χ1n) is 11.7. The van der Waals surface area contributed by atoms with Gasteiger partial charge in [0.05, 0.1) is 18.4 Å². The monoisotopic (exact) mass is 473 g/mol. The third-order valence-electron chi connectivity index (χ3n) is 6.38. The van der Waals surface area contributed by atoms with Gasteiger partial charge in [-0.25, -0.2) is 4.98 Å². The van der Waals surface area contributed by atoms with Gasteiger partial charge in [0.15, 0.2) is 17.3 Å². The number of benzene rings is 2. The summed E-state index contributed by atoms with van der Waals surface area (Å²) in [7, 11) is 1.60. The molecule has 8 heteroatoms. The summed E-state index contributed by atoms with van der Waals surface area (Å²) in [5, 5.41) is 3.23. The van der Waals surface area contributed by atoms with Crippen LogP contribution in [-0.2, 0) is 0 Å².